The van der Waals surface area contributed by atoms with Crippen molar-refractivity contribution in [2.24, 2.45) is 5.92 Å². The average Bonchev–Trinajstić information content (AvgIpc) is 2.98. The highest BCUT2D eigenvalue weighted by Crippen LogP contribution is 2.25. The first kappa shape index (κ1) is 14.3. The topological polar surface area (TPSA) is 41.9 Å². The molecule has 3 unspecified atom stereocenters. The molecule has 1 aliphatic carbocycles. The predicted octanol–water partition coefficient (Wildman–Crippen LogP) is 1.27. The number of hydrogen-bond donors (Lipinski definition) is 1. The Hall–Kier alpha value is -0.160. The van der Waals surface area contributed by atoms with Crippen LogP contribution in [0.25, 0.3) is 0 Å². The van der Waals surface area contributed by atoms with Gasteiger partial charge in [-0.05, 0) is 38.6 Å². The minimum absolute atomic E-state index is 0.0831. The summed E-state index contributed by atoms with van der Waals surface area (Å²) in [6.45, 7) is 4.33. The summed E-state index contributed by atoms with van der Waals surface area (Å²) in [5.74, 6) is 0.466. The minimum atomic E-state index is -0.0831. The molecule has 0 radical (unpaired) electrons. The summed E-state index contributed by atoms with van der Waals surface area (Å²) < 4.78 is 11.2. The maximum absolute atomic E-state index is 9.78. The number of aliphatic hydroxyl groups is 1. The van der Waals surface area contributed by atoms with Gasteiger partial charge in [0.05, 0.1) is 25.4 Å². The third-order valence-corrected chi connectivity index (χ3v) is 4.11. The molecule has 3 atom stereocenters. The zero-order chi connectivity index (χ0) is 12.8. The first-order valence-corrected chi connectivity index (χ1v) is 7.31. The predicted molar refractivity (Wildman–Crippen MR) is 70.6 cm³/mol. The molecule has 0 aromatic heterocycles. The second-order valence-electron chi connectivity index (χ2n) is 5.73. The van der Waals surface area contributed by atoms with Crippen LogP contribution in [0.5, 0.6) is 0 Å². The van der Waals surface area contributed by atoms with Gasteiger partial charge in [0, 0.05) is 19.7 Å². The van der Waals surface area contributed by atoms with Gasteiger partial charge in [0.25, 0.3) is 0 Å². The van der Waals surface area contributed by atoms with E-state index in [1.807, 2.05) is 0 Å². The van der Waals surface area contributed by atoms with E-state index in [1.54, 1.807) is 0 Å². The summed E-state index contributed by atoms with van der Waals surface area (Å²) in [7, 11) is 2.11. The molecular weight excluding hydrogens is 230 g/mol. The largest absolute Gasteiger partial charge is 0.393 e. The molecule has 4 nitrogen and oxygen atoms in total. The van der Waals surface area contributed by atoms with Gasteiger partial charge >= 0.3 is 0 Å². The van der Waals surface area contributed by atoms with E-state index in [0.717, 1.165) is 45.8 Å². The van der Waals surface area contributed by atoms with E-state index in [1.165, 1.54) is 19.3 Å². The third-order valence-electron chi connectivity index (χ3n) is 4.11. The molecule has 0 bridgehead atoms. The molecule has 2 fully saturated rings. The van der Waals surface area contributed by atoms with E-state index < -0.39 is 0 Å². The number of hydrogen-bond acceptors (Lipinski definition) is 4. The Morgan fingerprint density at radius 3 is 2.83 bits per heavy atom. The molecule has 4 heteroatoms. The lowest BCUT2D eigenvalue weighted by atomic mass is 10.1. The van der Waals surface area contributed by atoms with E-state index in [9.17, 15) is 5.11 Å². The van der Waals surface area contributed by atoms with E-state index in [0.29, 0.717) is 12.0 Å². The number of ether oxygens (including phenoxy) is 2. The van der Waals surface area contributed by atoms with Crippen molar-refractivity contribution in [3.63, 3.8) is 0 Å². The van der Waals surface area contributed by atoms with E-state index in [-0.39, 0.29) is 6.10 Å². The number of likely N-dealkylation sites (N-methyl/N-ethyl adjacent to an activating group) is 1. The molecule has 18 heavy (non-hydrogen) atoms. The Bertz CT molecular complexity index is 231. The number of nitrogens with zero attached hydrogens (tertiary/aromatic N) is 1. The fourth-order valence-electron chi connectivity index (χ4n) is 2.93. The first-order chi connectivity index (χ1) is 8.75. The van der Waals surface area contributed by atoms with Crippen LogP contribution < -0.4 is 0 Å². The van der Waals surface area contributed by atoms with Gasteiger partial charge in [-0.25, -0.2) is 0 Å². The lowest BCUT2D eigenvalue weighted by molar-refractivity contribution is 0.00982. The molecule has 2 aliphatic rings. The zero-order valence-electron chi connectivity index (χ0n) is 11.5. The Balaban J connectivity index is 1.50. The van der Waals surface area contributed by atoms with Crippen LogP contribution in [0.2, 0.25) is 0 Å². The van der Waals surface area contributed by atoms with Crippen molar-refractivity contribution in [2.75, 3.05) is 40.0 Å². The van der Waals surface area contributed by atoms with Gasteiger partial charge in [0.1, 0.15) is 0 Å². The maximum Gasteiger partial charge on any atom is 0.0809 e. The van der Waals surface area contributed by atoms with Crippen molar-refractivity contribution < 1.29 is 14.6 Å². The van der Waals surface area contributed by atoms with Crippen LogP contribution >= 0.6 is 0 Å². The molecule has 2 rings (SSSR count). The summed E-state index contributed by atoms with van der Waals surface area (Å²) in [6.07, 6.45) is 5.88. The molecule has 1 heterocycles. The highest BCUT2D eigenvalue weighted by molar-refractivity contribution is 4.78. The van der Waals surface area contributed by atoms with E-state index in [2.05, 4.69) is 11.9 Å². The molecule has 0 aromatic carbocycles. The van der Waals surface area contributed by atoms with Crippen LogP contribution in [0.1, 0.15) is 32.1 Å². The van der Waals surface area contributed by atoms with Crippen molar-refractivity contribution in [1.82, 2.24) is 4.90 Å². The quantitative estimate of drug-likeness (QED) is 0.698. The monoisotopic (exact) mass is 257 g/mol. The Kier molecular flexibility index (Phi) is 5.89. The van der Waals surface area contributed by atoms with Crippen LogP contribution in [0.3, 0.4) is 0 Å². The number of rotatable bonds is 7. The van der Waals surface area contributed by atoms with Gasteiger partial charge in [-0.3, -0.25) is 0 Å². The molecule has 0 amide bonds. The lowest BCUT2D eigenvalue weighted by Crippen LogP contribution is -2.32. The van der Waals surface area contributed by atoms with E-state index in [4.69, 9.17) is 9.47 Å². The Morgan fingerprint density at radius 1 is 1.28 bits per heavy atom. The highest BCUT2D eigenvalue weighted by Gasteiger charge is 2.25. The molecule has 1 saturated heterocycles. The molecule has 0 spiro atoms. The molecule has 1 N–H and O–H groups in total. The summed E-state index contributed by atoms with van der Waals surface area (Å²) in [6, 6.07) is 0. The van der Waals surface area contributed by atoms with E-state index >= 15 is 0 Å². The second-order valence-corrected chi connectivity index (χ2v) is 5.73. The maximum atomic E-state index is 9.78. The van der Waals surface area contributed by atoms with Crippen LogP contribution in [-0.4, -0.2) is 62.2 Å². The standard InChI is InChI=1S/C14H27NO3/c1-15(10-12-4-2-6-14(12)16)7-9-17-11-13-5-3-8-18-13/h12-14,16H,2-11H2,1H3. The van der Waals surface area contributed by atoms with Crippen LogP contribution in [0, 0.1) is 5.92 Å². The van der Waals surface area contributed by atoms with Gasteiger partial charge in [0.2, 0.25) is 0 Å². The average molecular weight is 257 g/mol. The normalized spacial score (nSPS) is 32.5. The van der Waals surface area contributed by atoms with Gasteiger partial charge in [-0.15, -0.1) is 0 Å². The van der Waals surface area contributed by atoms with Gasteiger partial charge in [0.15, 0.2) is 0 Å². The second kappa shape index (κ2) is 7.43. The fourth-order valence-corrected chi connectivity index (χ4v) is 2.93. The molecule has 1 saturated carbocycles. The van der Waals surface area contributed by atoms with Gasteiger partial charge in [-0.2, -0.15) is 0 Å². The van der Waals surface area contributed by atoms with Crippen LogP contribution in [0.15, 0.2) is 0 Å². The smallest absolute Gasteiger partial charge is 0.0809 e. The molecule has 106 valence electrons. The highest BCUT2D eigenvalue weighted by atomic mass is 16.5. The molecule has 1 aliphatic heterocycles. The summed E-state index contributed by atoms with van der Waals surface area (Å²) in [4.78, 5) is 2.27. The third kappa shape index (κ3) is 4.50. The summed E-state index contributed by atoms with van der Waals surface area (Å²) in [5.41, 5.74) is 0. The van der Waals surface area contributed by atoms with Crippen molar-refractivity contribution in [1.29, 1.82) is 0 Å². The Morgan fingerprint density at radius 2 is 2.17 bits per heavy atom. The van der Waals surface area contributed by atoms with Crippen molar-refractivity contribution in [3.8, 4) is 0 Å². The minimum Gasteiger partial charge on any atom is -0.393 e. The van der Waals surface area contributed by atoms with Gasteiger partial charge in [-0.1, -0.05) is 6.42 Å². The van der Waals surface area contributed by atoms with Crippen molar-refractivity contribution >= 4 is 0 Å². The SMILES string of the molecule is CN(CCOCC1CCCO1)CC1CCCC1O. The van der Waals surface area contributed by atoms with Crippen LogP contribution in [-0.2, 0) is 9.47 Å². The lowest BCUT2D eigenvalue weighted by Gasteiger charge is -2.23. The summed E-state index contributed by atoms with van der Waals surface area (Å²) in [5, 5.41) is 9.78. The van der Waals surface area contributed by atoms with Gasteiger partial charge < -0.3 is 19.5 Å². The summed E-state index contributed by atoms with van der Waals surface area (Å²) >= 11 is 0. The van der Waals surface area contributed by atoms with Crippen LogP contribution in [0.4, 0.5) is 0 Å². The fraction of sp³-hybridized carbons (Fsp3) is 1.00. The van der Waals surface area contributed by atoms with Crippen molar-refractivity contribution in [2.45, 2.75) is 44.3 Å². The van der Waals surface area contributed by atoms with Crippen molar-refractivity contribution in [3.05, 3.63) is 0 Å². The molecular formula is C14H27NO3. The number of aliphatic hydroxyl groups excluding tert-OH is 1. The first-order valence-electron chi connectivity index (χ1n) is 7.31. The zero-order valence-corrected chi connectivity index (χ0v) is 11.5. The Labute approximate surface area is 110 Å². The molecule has 0 aromatic rings.